The van der Waals surface area contributed by atoms with Gasteiger partial charge in [-0.1, -0.05) is 12.2 Å². The van der Waals surface area contributed by atoms with Crippen LogP contribution >= 0.6 is 0 Å². The molecule has 1 saturated heterocycles. The van der Waals surface area contributed by atoms with E-state index in [-0.39, 0.29) is 28.2 Å². The first-order valence-electron chi connectivity index (χ1n) is 7.61. The van der Waals surface area contributed by atoms with Gasteiger partial charge in [0.25, 0.3) is 11.5 Å². The zero-order valence-electron chi connectivity index (χ0n) is 11.8. The molecule has 7 nitrogen and oxygen atoms in total. The van der Waals surface area contributed by atoms with Gasteiger partial charge in [-0.05, 0) is 30.1 Å². The number of aromatic amines is 2. The lowest BCUT2D eigenvalue weighted by atomic mass is 9.86. The Kier molecular flexibility index (Phi) is 2.24. The highest BCUT2D eigenvalue weighted by molar-refractivity contribution is 6.03. The van der Waals surface area contributed by atoms with Crippen molar-refractivity contribution in [2.45, 2.75) is 6.42 Å². The lowest BCUT2D eigenvalue weighted by Crippen LogP contribution is -2.31. The molecule has 112 valence electrons. The number of nitrogens with zero attached hydrogens (tertiary/aromatic N) is 3. The van der Waals surface area contributed by atoms with Crippen LogP contribution in [0.4, 0.5) is 0 Å². The molecule has 2 aromatic heterocycles. The van der Waals surface area contributed by atoms with E-state index in [1.165, 1.54) is 12.7 Å². The number of likely N-dealkylation sites (tertiary alicyclic amines) is 1. The topological polar surface area (TPSA) is 94.7 Å². The van der Waals surface area contributed by atoms with Gasteiger partial charge in [-0.15, -0.1) is 0 Å². The van der Waals surface area contributed by atoms with Crippen molar-refractivity contribution in [1.82, 2.24) is 25.1 Å². The number of carbonyl (C=O) groups is 1. The summed E-state index contributed by atoms with van der Waals surface area (Å²) in [7, 11) is 0. The number of nitrogens with one attached hydrogen (secondary N) is 2. The normalized spacial score (nSPS) is 32.1. The predicted molar refractivity (Wildman–Crippen MR) is 78.1 cm³/mol. The fourth-order valence-corrected chi connectivity index (χ4v) is 4.50. The number of hydrogen-bond donors (Lipinski definition) is 2. The van der Waals surface area contributed by atoms with Gasteiger partial charge in [0.05, 0.1) is 6.33 Å². The van der Waals surface area contributed by atoms with Crippen LogP contribution in [0, 0.1) is 23.7 Å². The molecule has 1 amide bonds. The fraction of sp³-hybridized carbons (Fsp3) is 0.467. The Balaban J connectivity index is 1.49. The standard InChI is InChI=1S/C15H15N5O2/c21-14-11-12(18-19-13(11)16-6-17-14)15(22)20-4-9-7-1-2-8(3-7)10(9)5-20/h1-2,6-10H,3-5H2,(H2,16,17,18,19,21)/t7?,8?,9-,10+. The Bertz CT molecular complexity index is 846. The van der Waals surface area contributed by atoms with Crippen LogP contribution in [0.3, 0.4) is 0 Å². The molecule has 2 unspecified atom stereocenters. The summed E-state index contributed by atoms with van der Waals surface area (Å²) >= 11 is 0. The molecule has 1 aliphatic heterocycles. The van der Waals surface area contributed by atoms with E-state index in [4.69, 9.17) is 0 Å². The summed E-state index contributed by atoms with van der Waals surface area (Å²) in [5.41, 5.74) is 0.209. The molecule has 0 aromatic carbocycles. The molecule has 0 spiro atoms. The molecule has 22 heavy (non-hydrogen) atoms. The second-order valence-electron chi connectivity index (χ2n) is 6.52. The maximum Gasteiger partial charge on any atom is 0.272 e. The van der Waals surface area contributed by atoms with Gasteiger partial charge < -0.3 is 9.88 Å². The highest BCUT2D eigenvalue weighted by atomic mass is 16.2. The Morgan fingerprint density at radius 2 is 1.95 bits per heavy atom. The summed E-state index contributed by atoms with van der Waals surface area (Å²) in [4.78, 5) is 33.1. The first-order valence-corrected chi connectivity index (χ1v) is 7.61. The van der Waals surface area contributed by atoms with E-state index in [9.17, 15) is 9.59 Å². The average Bonchev–Trinajstić information content (AvgIpc) is 3.26. The summed E-state index contributed by atoms with van der Waals surface area (Å²) in [5.74, 6) is 2.25. The molecule has 3 aliphatic rings. The third-order valence-electron chi connectivity index (χ3n) is 5.52. The van der Waals surface area contributed by atoms with E-state index in [1.54, 1.807) is 0 Å². The number of fused-ring (bicyclic) bond motifs is 6. The highest BCUT2D eigenvalue weighted by Crippen LogP contribution is 2.51. The summed E-state index contributed by atoms with van der Waals surface area (Å²) in [6, 6.07) is 0. The fourth-order valence-electron chi connectivity index (χ4n) is 4.50. The first-order chi connectivity index (χ1) is 10.7. The second-order valence-corrected chi connectivity index (χ2v) is 6.52. The molecule has 4 atom stereocenters. The molecular weight excluding hydrogens is 282 g/mol. The molecule has 2 aromatic rings. The minimum Gasteiger partial charge on any atom is -0.337 e. The van der Waals surface area contributed by atoms with Crippen molar-refractivity contribution in [3.05, 3.63) is 34.5 Å². The van der Waals surface area contributed by atoms with Gasteiger partial charge >= 0.3 is 0 Å². The van der Waals surface area contributed by atoms with Crippen molar-refractivity contribution >= 4 is 16.9 Å². The van der Waals surface area contributed by atoms with Crippen LogP contribution in [0.15, 0.2) is 23.3 Å². The largest absolute Gasteiger partial charge is 0.337 e. The van der Waals surface area contributed by atoms with Gasteiger partial charge in [-0.3, -0.25) is 14.7 Å². The Hall–Kier alpha value is -2.44. The first kappa shape index (κ1) is 12.1. The van der Waals surface area contributed by atoms with Crippen molar-refractivity contribution in [2.24, 2.45) is 23.7 Å². The zero-order valence-corrected chi connectivity index (χ0v) is 11.8. The SMILES string of the molecule is O=C(c1[nH]nc2nc[nH]c(=O)c12)N1C[C@@H]2C3C=CC(C3)[C@@H]2C1. The van der Waals surface area contributed by atoms with Crippen LogP contribution in [0.5, 0.6) is 0 Å². The van der Waals surface area contributed by atoms with Crippen molar-refractivity contribution < 1.29 is 4.79 Å². The molecule has 5 rings (SSSR count). The van der Waals surface area contributed by atoms with Gasteiger partial charge in [0.1, 0.15) is 11.1 Å². The Labute approximate surface area is 125 Å². The van der Waals surface area contributed by atoms with E-state index in [0.29, 0.717) is 23.7 Å². The van der Waals surface area contributed by atoms with Gasteiger partial charge in [-0.25, -0.2) is 4.98 Å². The second kappa shape index (κ2) is 4.06. The maximum atomic E-state index is 12.8. The summed E-state index contributed by atoms with van der Waals surface area (Å²) in [5, 5.41) is 6.92. The molecule has 2 N–H and O–H groups in total. The molecule has 2 fully saturated rings. The molecule has 0 radical (unpaired) electrons. The summed E-state index contributed by atoms with van der Waals surface area (Å²) < 4.78 is 0. The third-order valence-corrected chi connectivity index (χ3v) is 5.52. The number of hydrogen-bond acceptors (Lipinski definition) is 4. The molecule has 3 heterocycles. The number of amides is 1. The number of H-pyrrole nitrogens is 2. The minimum atomic E-state index is -0.330. The maximum absolute atomic E-state index is 12.8. The lowest BCUT2D eigenvalue weighted by Gasteiger charge is -2.17. The number of rotatable bonds is 1. The lowest BCUT2D eigenvalue weighted by molar-refractivity contribution is 0.0773. The summed E-state index contributed by atoms with van der Waals surface area (Å²) in [6.07, 6.45) is 7.15. The van der Waals surface area contributed by atoms with E-state index in [0.717, 1.165) is 13.1 Å². The quantitative estimate of drug-likeness (QED) is 0.751. The van der Waals surface area contributed by atoms with Gasteiger partial charge in [-0.2, -0.15) is 5.10 Å². The monoisotopic (exact) mass is 297 g/mol. The number of allylic oxidation sites excluding steroid dienone is 2. The van der Waals surface area contributed by atoms with Crippen molar-refractivity contribution in [2.75, 3.05) is 13.1 Å². The highest BCUT2D eigenvalue weighted by Gasteiger charge is 2.50. The predicted octanol–water partition coefficient (Wildman–Crippen LogP) is 0.540. The van der Waals surface area contributed by atoms with Crippen molar-refractivity contribution in [3.8, 4) is 0 Å². The number of aromatic nitrogens is 4. The Morgan fingerprint density at radius 1 is 1.23 bits per heavy atom. The van der Waals surface area contributed by atoms with E-state index in [2.05, 4.69) is 32.3 Å². The zero-order chi connectivity index (χ0) is 14.8. The minimum absolute atomic E-state index is 0.144. The van der Waals surface area contributed by atoms with E-state index >= 15 is 0 Å². The van der Waals surface area contributed by atoms with Crippen LogP contribution in [0.25, 0.3) is 11.0 Å². The van der Waals surface area contributed by atoms with Crippen LogP contribution < -0.4 is 5.56 Å². The Morgan fingerprint density at radius 3 is 2.68 bits per heavy atom. The molecule has 2 bridgehead atoms. The van der Waals surface area contributed by atoms with Crippen LogP contribution in [-0.2, 0) is 0 Å². The van der Waals surface area contributed by atoms with Crippen LogP contribution in [0.1, 0.15) is 16.9 Å². The number of carbonyl (C=O) groups excluding carboxylic acids is 1. The van der Waals surface area contributed by atoms with Gasteiger partial charge in [0.15, 0.2) is 5.65 Å². The molecule has 1 saturated carbocycles. The van der Waals surface area contributed by atoms with E-state index in [1.807, 2.05) is 4.90 Å². The molecule has 7 heteroatoms. The summed E-state index contributed by atoms with van der Waals surface area (Å²) in [6.45, 7) is 1.54. The third kappa shape index (κ3) is 1.45. The van der Waals surface area contributed by atoms with Crippen LogP contribution in [0.2, 0.25) is 0 Å². The van der Waals surface area contributed by atoms with Gasteiger partial charge in [0.2, 0.25) is 0 Å². The molecule has 2 aliphatic carbocycles. The average molecular weight is 297 g/mol. The van der Waals surface area contributed by atoms with Crippen molar-refractivity contribution in [1.29, 1.82) is 0 Å². The van der Waals surface area contributed by atoms with Gasteiger partial charge in [0, 0.05) is 13.1 Å². The van der Waals surface area contributed by atoms with Crippen molar-refractivity contribution in [3.63, 3.8) is 0 Å². The van der Waals surface area contributed by atoms with Crippen LogP contribution in [-0.4, -0.2) is 44.1 Å². The van der Waals surface area contributed by atoms with E-state index < -0.39 is 0 Å². The smallest absolute Gasteiger partial charge is 0.272 e. The molecular formula is C15H15N5O2.